The lowest BCUT2D eigenvalue weighted by molar-refractivity contribution is 0.112. The Hall–Kier alpha value is -1.87. The van der Waals surface area contributed by atoms with Crippen LogP contribution in [0.15, 0.2) is 42.6 Å². The van der Waals surface area contributed by atoms with Gasteiger partial charge in [0.2, 0.25) is 0 Å². The molecule has 3 nitrogen and oxygen atoms in total. The zero-order valence-corrected chi connectivity index (χ0v) is 9.72. The number of ether oxygens (including phenoxy) is 1. The minimum atomic E-state index is 0.348. The highest BCUT2D eigenvalue weighted by molar-refractivity contribution is 6.32. The predicted molar refractivity (Wildman–Crippen MR) is 65.4 cm³/mol. The van der Waals surface area contributed by atoms with Crippen LogP contribution in [0.3, 0.4) is 0 Å². The molecule has 0 unspecified atom stereocenters. The van der Waals surface area contributed by atoms with Gasteiger partial charge in [-0.1, -0.05) is 17.7 Å². The monoisotopic (exact) mass is 247 g/mol. The van der Waals surface area contributed by atoms with Crippen LogP contribution in [0.2, 0.25) is 5.02 Å². The number of aldehydes is 1. The molecule has 0 N–H and O–H groups in total. The number of benzene rings is 1. The largest absolute Gasteiger partial charge is 0.486 e. The molecule has 2 aromatic rings. The Balaban J connectivity index is 2.07. The molecular formula is C13H10ClNO2. The fourth-order valence-corrected chi connectivity index (χ4v) is 1.59. The molecule has 1 aromatic carbocycles. The van der Waals surface area contributed by atoms with Crippen LogP contribution in [0, 0.1) is 0 Å². The molecule has 1 aromatic heterocycles. The van der Waals surface area contributed by atoms with Crippen molar-refractivity contribution in [1.29, 1.82) is 0 Å². The van der Waals surface area contributed by atoms with Crippen molar-refractivity contribution in [1.82, 2.24) is 4.98 Å². The van der Waals surface area contributed by atoms with Crippen molar-refractivity contribution in [2.75, 3.05) is 0 Å². The Kier molecular flexibility index (Phi) is 3.73. The van der Waals surface area contributed by atoms with Gasteiger partial charge in [-0.2, -0.15) is 0 Å². The van der Waals surface area contributed by atoms with Gasteiger partial charge in [-0.05, 0) is 30.3 Å². The molecule has 2 rings (SSSR count). The van der Waals surface area contributed by atoms with Crippen LogP contribution >= 0.6 is 11.6 Å². The fraction of sp³-hybridized carbons (Fsp3) is 0.0769. The van der Waals surface area contributed by atoms with Crippen LogP contribution in [-0.2, 0) is 6.61 Å². The van der Waals surface area contributed by atoms with E-state index < -0.39 is 0 Å². The molecule has 86 valence electrons. The van der Waals surface area contributed by atoms with Gasteiger partial charge in [0.15, 0.2) is 0 Å². The highest BCUT2D eigenvalue weighted by Gasteiger charge is 2.03. The highest BCUT2D eigenvalue weighted by Crippen LogP contribution is 2.25. The van der Waals surface area contributed by atoms with E-state index in [4.69, 9.17) is 16.3 Å². The molecule has 0 saturated heterocycles. The number of aromatic nitrogens is 1. The quantitative estimate of drug-likeness (QED) is 0.780. The van der Waals surface area contributed by atoms with Crippen molar-refractivity contribution in [3.8, 4) is 5.75 Å². The van der Waals surface area contributed by atoms with Crippen molar-refractivity contribution >= 4 is 17.9 Å². The van der Waals surface area contributed by atoms with Crippen LogP contribution in [0.4, 0.5) is 0 Å². The van der Waals surface area contributed by atoms with Gasteiger partial charge in [-0.15, -0.1) is 0 Å². The lowest BCUT2D eigenvalue weighted by Crippen LogP contribution is -1.98. The Labute approximate surface area is 104 Å². The van der Waals surface area contributed by atoms with E-state index in [0.29, 0.717) is 22.9 Å². The molecular weight excluding hydrogens is 238 g/mol. The molecule has 0 amide bonds. The van der Waals surface area contributed by atoms with Gasteiger partial charge in [0.05, 0.1) is 10.7 Å². The van der Waals surface area contributed by atoms with Crippen molar-refractivity contribution in [3.63, 3.8) is 0 Å². The second-order valence-electron chi connectivity index (χ2n) is 3.42. The molecule has 1 heterocycles. The maximum Gasteiger partial charge on any atom is 0.150 e. The molecule has 0 aliphatic rings. The summed E-state index contributed by atoms with van der Waals surface area (Å²) in [6, 6.07) is 10.5. The summed E-state index contributed by atoms with van der Waals surface area (Å²) in [5.41, 5.74) is 1.35. The summed E-state index contributed by atoms with van der Waals surface area (Å²) in [5, 5.41) is 0.422. The van der Waals surface area contributed by atoms with Crippen LogP contribution in [0.5, 0.6) is 5.75 Å². The third-order valence-corrected chi connectivity index (χ3v) is 2.49. The molecule has 0 fully saturated rings. The van der Waals surface area contributed by atoms with Crippen molar-refractivity contribution in [2.45, 2.75) is 6.61 Å². The summed E-state index contributed by atoms with van der Waals surface area (Å²) < 4.78 is 5.51. The summed E-state index contributed by atoms with van der Waals surface area (Å²) in [5.74, 6) is 0.544. The predicted octanol–water partition coefficient (Wildman–Crippen LogP) is 3.13. The standard InChI is InChI=1S/C13H10ClNO2/c14-12-7-10(8-16)4-5-13(12)17-9-11-3-1-2-6-15-11/h1-8H,9H2. The van der Waals surface area contributed by atoms with Crippen LogP contribution in [-0.4, -0.2) is 11.3 Å². The lowest BCUT2D eigenvalue weighted by Gasteiger charge is -2.07. The Morgan fingerprint density at radius 3 is 2.82 bits per heavy atom. The van der Waals surface area contributed by atoms with E-state index in [1.807, 2.05) is 18.2 Å². The van der Waals surface area contributed by atoms with Gasteiger partial charge in [0, 0.05) is 11.8 Å². The van der Waals surface area contributed by atoms with Crippen LogP contribution in [0.1, 0.15) is 16.1 Å². The SMILES string of the molecule is O=Cc1ccc(OCc2ccccn2)c(Cl)c1. The number of hydrogen-bond acceptors (Lipinski definition) is 3. The van der Waals surface area contributed by atoms with Gasteiger partial charge in [-0.3, -0.25) is 9.78 Å². The van der Waals surface area contributed by atoms with E-state index in [1.165, 1.54) is 0 Å². The van der Waals surface area contributed by atoms with Gasteiger partial charge in [-0.25, -0.2) is 0 Å². The van der Waals surface area contributed by atoms with E-state index in [2.05, 4.69) is 4.98 Å². The number of carbonyl (C=O) groups is 1. The minimum absolute atomic E-state index is 0.348. The lowest BCUT2D eigenvalue weighted by atomic mass is 10.2. The molecule has 0 bridgehead atoms. The maximum atomic E-state index is 10.5. The first-order valence-corrected chi connectivity index (χ1v) is 5.45. The average molecular weight is 248 g/mol. The summed E-state index contributed by atoms with van der Waals surface area (Å²) in [4.78, 5) is 14.7. The molecule has 0 atom stereocenters. The molecule has 0 spiro atoms. The molecule has 0 aliphatic carbocycles. The zero-order valence-electron chi connectivity index (χ0n) is 8.97. The summed E-state index contributed by atoms with van der Waals surface area (Å²) >= 11 is 5.97. The molecule has 0 radical (unpaired) electrons. The smallest absolute Gasteiger partial charge is 0.150 e. The summed E-state index contributed by atoms with van der Waals surface area (Å²) in [6.45, 7) is 0.348. The third-order valence-electron chi connectivity index (χ3n) is 2.19. The molecule has 0 saturated carbocycles. The second-order valence-corrected chi connectivity index (χ2v) is 3.82. The normalized spacial score (nSPS) is 9.94. The van der Waals surface area contributed by atoms with E-state index in [1.54, 1.807) is 24.4 Å². The van der Waals surface area contributed by atoms with E-state index >= 15 is 0 Å². The van der Waals surface area contributed by atoms with Gasteiger partial charge in [0.25, 0.3) is 0 Å². The van der Waals surface area contributed by atoms with Crippen LogP contribution < -0.4 is 4.74 Å². The molecule has 17 heavy (non-hydrogen) atoms. The van der Waals surface area contributed by atoms with Crippen molar-refractivity contribution in [2.24, 2.45) is 0 Å². The van der Waals surface area contributed by atoms with Crippen molar-refractivity contribution < 1.29 is 9.53 Å². The number of pyridine rings is 1. The topological polar surface area (TPSA) is 39.2 Å². The van der Waals surface area contributed by atoms with Gasteiger partial charge in [0.1, 0.15) is 18.6 Å². The molecule has 0 aliphatic heterocycles. The maximum absolute atomic E-state index is 10.5. The zero-order chi connectivity index (χ0) is 12.1. The second kappa shape index (κ2) is 5.46. The Morgan fingerprint density at radius 2 is 2.18 bits per heavy atom. The van der Waals surface area contributed by atoms with E-state index in [9.17, 15) is 4.79 Å². The minimum Gasteiger partial charge on any atom is -0.486 e. The number of carbonyl (C=O) groups excluding carboxylic acids is 1. The number of rotatable bonds is 4. The Bertz CT molecular complexity index is 514. The number of halogens is 1. The van der Waals surface area contributed by atoms with Gasteiger partial charge >= 0.3 is 0 Å². The summed E-state index contributed by atoms with van der Waals surface area (Å²) in [7, 11) is 0. The average Bonchev–Trinajstić information content (AvgIpc) is 2.38. The highest BCUT2D eigenvalue weighted by atomic mass is 35.5. The first-order chi connectivity index (χ1) is 8.29. The van der Waals surface area contributed by atoms with E-state index in [0.717, 1.165) is 12.0 Å². The first-order valence-electron chi connectivity index (χ1n) is 5.07. The van der Waals surface area contributed by atoms with Crippen LogP contribution in [0.25, 0.3) is 0 Å². The third kappa shape index (κ3) is 3.04. The Morgan fingerprint density at radius 1 is 1.29 bits per heavy atom. The first kappa shape index (κ1) is 11.6. The fourth-order valence-electron chi connectivity index (χ4n) is 1.34. The number of nitrogens with zero attached hydrogens (tertiary/aromatic N) is 1. The van der Waals surface area contributed by atoms with Crippen molar-refractivity contribution in [3.05, 3.63) is 58.9 Å². The molecule has 4 heteroatoms. The van der Waals surface area contributed by atoms with Gasteiger partial charge < -0.3 is 4.74 Å². The summed E-state index contributed by atoms with van der Waals surface area (Å²) in [6.07, 6.45) is 2.45. The van der Waals surface area contributed by atoms with E-state index in [-0.39, 0.29) is 0 Å². The number of hydrogen-bond donors (Lipinski definition) is 0.